The first-order valence-electron chi connectivity index (χ1n) is 2.34. The lowest BCUT2D eigenvalue weighted by molar-refractivity contribution is 0.806. The molecule has 0 saturated carbocycles. The Hall–Kier alpha value is -0.790. The summed E-state index contributed by atoms with van der Waals surface area (Å²) in [6.07, 6.45) is 5.44. The van der Waals surface area contributed by atoms with E-state index in [4.69, 9.17) is 0 Å². The summed E-state index contributed by atoms with van der Waals surface area (Å²) < 4.78 is 0. The summed E-state index contributed by atoms with van der Waals surface area (Å²) in [6.45, 7) is 2.05. The van der Waals surface area contributed by atoms with Crippen LogP contribution in [0.2, 0.25) is 0 Å². The second-order valence-electron chi connectivity index (χ2n) is 1.57. The number of nitrogens with one attached hydrogen (secondary N) is 1. The van der Waals surface area contributed by atoms with Crippen molar-refractivity contribution in [1.29, 1.82) is 0 Å². The van der Waals surface area contributed by atoms with Crippen molar-refractivity contribution in [2.45, 2.75) is 13.0 Å². The predicted molar refractivity (Wildman–Crippen MR) is 30.2 cm³/mol. The lowest BCUT2D eigenvalue weighted by Crippen LogP contribution is -2.23. The standard InChI is InChI=1S/C5H8N2/c1-5-4-6-2-3-7-5/h2-5,7H,1H3. The van der Waals surface area contributed by atoms with Crippen molar-refractivity contribution in [3.05, 3.63) is 12.4 Å². The zero-order valence-electron chi connectivity index (χ0n) is 4.26. The molecule has 0 amide bonds. The minimum atomic E-state index is 0.407. The van der Waals surface area contributed by atoms with Crippen LogP contribution in [-0.2, 0) is 0 Å². The van der Waals surface area contributed by atoms with Crippen molar-refractivity contribution in [3.8, 4) is 0 Å². The molecule has 38 valence electrons. The quantitative estimate of drug-likeness (QED) is 0.467. The summed E-state index contributed by atoms with van der Waals surface area (Å²) >= 11 is 0. The molecule has 0 fully saturated rings. The molecule has 2 heteroatoms. The Morgan fingerprint density at radius 2 is 2.57 bits per heavy atom. The van der Waals surface area contributed by atoms with Crippen LogP contribution in [0.3, 0.4) is 0 Å². The molecule has 0 bridgehead atoms. The van der Waals surface area contributed by atoms with Crippen molar-refractivity contribution in [3.63, 3.8) is 0 Å². The van der Waals surface area contributed by atoms with Gasteiger partial charge in [-0.2, -0.15) is 0 Å². The number of nitrogens with zero attached hydrogens (tertiary/aromatic N) is 1. The second-order valence-corrected chi connectivity index (χ2v) is 1.57. The van der Waals surface area contributed by atoms with E-state index >= 15 is 0 Å². The van der Waals surface area contributed by atoms with Crippen molar-refractivity contribution in [2.24, 2.45) is 4.99 Å². The van der Waals surface area contributed by atoms with Crippen molar-refractivity contribution >= 4 is 6.21 Å². The Morgan fingerprint density at radius 3 is 2.86 bits per heavy atom. The third-order valence-corrected chi connectivity index (χ3v) is 0.829. The van der Waals surface area contributed by atoms with E-state index in [-0.39, 0.29) is 0 Å². The van der Waals surface area contributed by atoms with E-state index in [1.807, 2.05) is 19.3 Å². The molecule has 7 heavy (non-hydrogen) atoms. The van der Waals surface area contributed by atoms with E-state index in [9.17, 15) is 0 Å². The Bertz CT molecular complexity index is 105. The van der Waals surface area contributed by atoms with Crippen molar-refractivity contribution < 1.29 is 0 Å². The maximum atomic E-state index is 3.89. The summed E-state index contributed by atoms with van der Waals surface area (Å²) in [4.78, 5) is 3.89. The third-order valence-electron chi connectivity index (χ3n) is 0.829. The van der Waals surface area contributed by atoms with E-state index in [0.29, 0.717) is 6.04 Å². The fourth-order valence-electron chi connectivity index (χ4n) is 0.460. The molecule has 1 aliphatic rings. The van der Waals surface area contributed by atoms with Crippen LogP contribution in [0, 0.1) is 0 Å². The fraction of sp³-hybridized carbons (Fsp3) is 0.400. The molecule has 0 aromatic heterocycles. The molecule has 0 spiro atoms. The normalized spacial score (nSPS) is 27.3. The van der Waals surface area contributed by atoms with Gasteiger partial charge >= 0.3 is 0 Å². The Balaban J connectivity index is 2.49. The van der Waals surface area contributed by atoms with Gasteiger partial charge in [0.15, 0.2) is 0 Å². The third kappa shape index (κ3) is 1.03. The number of rotatable bonds is 0. The SMILES string of the molecule is CC1C=NC=CN1. The first-order chi connectivity index (χ1) is 3.39. The summed E-state index contributed by atoms with van der Waals surface area (Å²) in [5.41, 5.74) is 0. The molecule has 0 aliphatic carbocycles. The van der Waals surface area contributed by atoms with Crippen LogP contribution in [0.5, 0.6) is 0 Å². The van der Waals surface area contributed by atoms with Gasteiger partial charge in [0.25, 0.3) is 0 Å². The molecule has 0 aromatic carbocycles. The van der Waals surface area contributed by atoms with Gasteiger partial charge in [0.05, 0.1) is 6.04 Å². The van der Waals surface area contributed by atoms with Crippen LogP contribution < -0.4 is 5.32 Å². The van der Waals surface area contributed by atoms with Gasteiger partial charge in [-0.1, -0.05) is 0 Å². The van der Waals surface area contributed by atoms with Gasteiger partial charge in [-0.05, 0) is 6.92 Å². The highest BCUT2D eigenvalue weighted by Gasteiger charge is 1.91. The Labute approximate surface area is 42.9 Å². The molecule has 0 saturated heterocycles. The summed E-state index contributed by atoms with van der Waals surface area (Å²) in [5.74, 6) is 0. The molecule has 0 radical (unpaired) electrons. The van der Waals surface area contributed by atoms with Crippen molar-refractivity contribution in [1.82, 2.24) is 5.32 Å². The summed E-state index contributed by atoms with van der Waals surface area (Å²) in [6, 6.07) is 0.407. The van der Waals surface area contributed by atoms with Crippen LogP contribution in [0.15, 0.2) is 17.4 Å². The van der Waals surface area contributed by atoms with Crippen LogP contribution >= 0.6 is 0 Å². The smallest absolute Gasteiger partial charge is 0.0582 e. The Kier molecular flexibility index (Phi) is 1.11. The van der Waals surface area contributed by atoms with E-state index in [1.54, 1.807) is 6.20 Å². The highest BCUT2D eigenvalue weighted by atomic mass is 14.9. The highest BCUT2D eigenvalue weighted by Crippen LogP contribution is 1.83. The number of hydrogen-bond donors (Lipinski definition) is 1. The fourth-order valence-corrected chi connectivity index (χ4v) is 0.460. The van der Waals surface area contributed by atoms with Gasteiger partial charge in [0, 0.05) is 18.6 Å². The first kappa shape index (κ1) is 4.37. The second kappa shape index (κ2) is 1.78. The monoisotopic (exact) mass is 96.1 g/mol. The molecule has 1 atom stereocenters. The van der Waals surface area contributed by atoms with E-state index in [1.165, 1.54) is 0 Å². The van der Waals surface area contributed by atoms with Crippen LogP contribution in [0.25, 0.3) is 0 Å². The maximum Gasteiger partial charge on any atom is 0.0582 e. The van der Waals surface area contributed by atoms with Gasteiger partial charge < -0.3 is 5.32 Å². The largest absolute Gasteiger partial charge is 0.382 e. The van der Waals surface area contributed by atoms with Crippen molar-refractivity contribution in [2.75, 3.05) is 0 Å². The van der Waals surface area contributed by atoms with E-state index in [0.717, 1.165) is 0 Å². The molecule has 1 unspecified atom stereocenters. The van der Waals surface area contributed by atoms with Crippen LogP contribution in [0.1, 0.15) is 6.92 Å². The molecule has 1 aliphatic heterocycles. The van der Waals surface area contributed by atoms with Crippen LogP contribution in [0.4, 0.5) is 0 Å². The zero-order chi connectivity index (χ0) is 5.11. The van der Waals surface area contributed by atoms with Gasteiger partial charge in [0.1, 0.15) is 0 Å². The maximum absolute atomic E-state index is 3.89. The summed E-state index contributed by atoms with van der Waals surface area (Å²) in [7, 11) is 0. The topological polar surface area (TPSA) is 24.4 Å². The molecule has 0 aromatic rings. The average Bonchev–Trinajstić information content (AvgIpc) is 1.69. The molecule has 1 heterocycles. The van der Waals surface area contributed by atoms with E-state index in [2.05, 4.69) is 10.3 Å². The first-order valence-corrected chi connectivity index (χ1v) is 2.34. The lowest BCUT2D eigenvalue weighted by atomic mass is 10.4. The molecule has 1 N–H and O–H groups in total. The Morgan fingerprint density at radius 1 is 1.71 bits per heavy atom. The lowest BCUT2D eigenvalue weighted by Gasteiger charge is -2.06. The predicted octanol–water partition coefficient (Wildman–Crippen LogP) is 0.520. The molecular formula is C5H8N2. The minimum Gasteiger partial charge on any atom is -0.382 e. The number of aliphatic imine (C=N–C) groups is 1. The van der Waals surface area contributed by atoms with Gasteiger partial charge in [-0.15, -0.1) is 0 Å². The van der Waals surface area contributed by atoms with E-state index < -0.39 is 0 Å². The van der Waals surface area contributed by atoms with Gasteiger partial charge in [0.2, 0.25) is 0 Å². The molecule has 2 nitrogen and oxygen atoms in total. The van der Waals surface area contributed by atoms with Gasteiger partial charge in [-0.3, -0.25) is 4.99 Å². The highest BCUT2D eigenvalue weighted by molar-refractivity contribution is 5.65. The van der Waals surface area contributed by atoms with Gasteiger partial charge in [-0.25, -0.2) is 0 Å². The van der Waals surface area contributed by atoms with Crippen LogP contribution in [-0.4, -0.2) is 12.3 Å². The minimum absolute atomic E-state index is 0.407. The summed E-state index contributed by atoms with van der Waals surface area (Å²) in [5, 5.41) is 3.05. The molecular weight excluding hydrogens is 88.1 g/mol. The molecule has 1 rings (SSSR count). The number of hydrogen-bond acceptors (Lipinski definition) is 2. The zero-order valence-corrected chi connectivity index (χ0v) is 4.26. The average molecular weight is 96.1 g/mol.